The van der Waals surface area contributed by atoms with Crippen LogP contribution in [0.25, 0.3) is 0 Å². The Hall–Kier alpha value is -0.320. The summed E-state index contributed by atoms with van der Waals surface area (Å²) in [5.41, 5.74) is 0. The van der Waals surface area contributed by atoms with E-state index < -0.39 is 11.9 Å². The molecule has 4 nitrogen and oxygen atoms in total. The summed E-state index contributed by atoms with van der Waals surface area (Å²) in [5, 5.41) is 0. The third-order valence-electron chi connectivity index (χ3n) is 2.15. The van der Waals surface area contributed by atoms with E-state index in [1.165, 1.54) is 0 Å². The molecule has 2 aliphatic rings. The first-order valence-corrected chi connectivity index (χ1v) is 4.69. The minimum Gasteiger partial charge on any atom is -0.456 e. The van der Waals surface area contributed by atoms with Crippen LogP contribution in [0.3, 0.4) is 0 Å². The molecule has 0 aromatic rings. The van der Waals surface area contributed by atoms with Crippen molar-refractivity contribution in [3.05, 3.63) is 0 Å². The summed E-state index contributed by atoms with van der Waals surface area (Å²) < 4.78 is 15.8. The molecular formula is C8H11ClO4. The summed E-state index contributed by atoms with van der Waals surface area (Å²) in [7, 11) is 0. The molecule has 0 aliphatic carbocycles. The molecule has 74 valence electrons. The molecule has 0 spiro atoms. The molecule has 13 heavy (non-hydrogen) atoms. The summed E-state index contributed by atoms with van der Waals surface area (Å²) >= 11 is 5.62. The average Bonchev–Trinajstić information content (AvgIpc) is 2.47. The summed E-state index contributed by atoms with van der Waals surface area (Å²) in [6.07, 6.45) is -1.32. The maximum atomic E-state index is 11.2. The highest BCUT2D eigenvalue weighted by Gasteiger charge is 2.55. The molecule has 3 unspecified atom stereocenters. The highest BCUT2D eigenvalue weighted by atomic mass is 35.5. The van der Waals surface area contributed by atoms with Gasteiger partial charge in [0.1, 0.15) is 12.2 Å². The lowest BCUT2D eigenvalue weighted by Gasteiger charge is -2.20. The number of hydrogen-bond acceptors (Lipinski definition) is 4. The van der Waals surface area contributed by atoms with E-state index in [2.05, 4.69) is 0 Å². The molecule has 2 rings (SSSR count). The number of alkyl halides is 1. The number of cyclic esters (lactones) is 1. The van der Waals surface area contributed by atoms with E-state index in [9.17, 15) is 4.79 Å². The summed E-state index contributed by atoms with van der Waals surface area (Å²) in [5.74, 6) is -0.841. The van der Waals surface area contributed by atoms with Gasteiger partial charge >= 0.3 is 5.97 Å². The van der Waals surface area contributed by atoms with Gasteiger partial charge in [-0.1, -0.05) is 0 Å². The van der Waals surface area contributed by atoms with Gasteiger partial charge in [-0.05, 0) is 13.8 Å². The van der Waals surface area contributed by atoms with Crippen LogP contribution >= 0.6 is 11.6 Å². The first-order valence-electron chi connectivity index (χ1n) is 4.15. The van der Waals surface area contributed by atoms with Gasteiger partial charge in [-0.15, -0.1) is 11.6 Å². The van der Waals surface area contributed by atoms with Crippen molar-refractivity contribution >= 4 is 17.6 Å². The van der Waals surface area contributed by atoms with Gasteiger partial charge in [-0.2, -0.15) is 0 Å². The topological polar surface area (TPSA) is 44.8 Å². The smallest absolute Gasteiger partial charge is 0.338 e. The van der Waals surface area contributed by atoms with Crippen molar-refractivity contribution in [2.24, 2.45) is 0 Å². The molecule has 3 atom stereocenters. The molecule has 0 N–H and O–H groups in total. The fraction of sp³-hybridized carbons (Fsp3) is 0.875. The van der Waals surface area contributed by atoms with Crippen LogP contribution in [-0.4, -0.2) is 35.9 Å². The van der Waals surface area contributed by atoms with Gasteiger partial charge in [0.2, 0.25) is 0 Å². The lowest BCUT2D eigenvalue weighted by atomic mass is 10.2. The van der Waals surface area contributed by atoms with Gasteiger partial charge in [0.15, 0.2) is 11.9 Å². The number of carbonyl (C=O) groups excluding carboxylic acids is 1. The summed E-state index contributed by atoms with van der Waals surface area (Å²) in [6, 6.07) is 0. The van der Waals surface area contributed by atoms with E-state index in [0.29, 0.717) is 0 Å². The van der Waals surface area contributed by atoms with Gasteiger partial charge in [-0.25, -0.2) is 4.79 Å². The van der Waals surface area contributed by atoms with Gasteiger partial charge in [0, 0.05) is 0 Å². The molecule has 0 radical (unpaired) electrons. The molecule has 0 aromatic carbocycles. The van der Waals surface area contributed by atoms with Crippen LogP contribution in [0.1, 0.15) is 13.8 Å². The SMILES string of the molecule is CC1(C)OC2C(=O)OC(CCl)C2O1. The fourth-order valence-corrected chi connectivity index (χ4v) is 1.88. The lowest BCUT2D eigenvalue weighted by Crippen LogP contribution is -2.30. The number of fused-ring (bicyclic) bond motifs is 1. The maximum absolute atomic E-state index is 11.2. The maximum Gasteiger partial charge on any atom is 0.338 e. The van der Waals surface area contributed by atoms with Crippen LogP contribution in [0.4, 0.5) is 0 Å². The second-order valence-electron chi connectivity index (χ2n) is 3.65. The van der Waals surface area contributed by atoms with Gasteiger partial charge in [-0.3, -0.25) is 0 Å². The van der Waals surface area contributed by atoms with Crippen molar-refractivity contribution in [1.29, 1.82) is 0 Å². The minimum atomic E-state index is -0.709. The molecule has 0 amide bonds. The fourth-order valence-electron chi connectivity index (χ4n) is 1.65. The Bertz CT molecular complexity index is 240. The Morgan fingerprint density at radius 3 is 2.77 bits per heavy atom. The van der Waals surface area contributed by atoms with Crippen molar-refractivity contribution in [2.75, 3.05) is 5.88 Å². The number of hydrogen-bond donors (Lipinski definition) is 0. The van der Waals surface area contributed by atoms with E-state index in [0.717, 1.165) is 0 Å². The second kappa shape index (κ2) is 2.83. The summed E-state index contributed by atoms with van der Waals surface area (Å²) in [6.45, 7) is 3.54. The highest BCUT2D eigenvalue weighted by Crippen LogP contribution is 2.36. The van der Waals surface area contributed by atoms with E-state index >= 15 is 0 Å². The molecule has 2 fully saturated rings. The Balaban J connectivity index is 2.17. The first-order chi connectivity index (χ1) is 6.03. The zero-order valence-electron chi connectivity index (χ0n) is 7.45. The number of rotatable bonds is 1. The summed E-state index contributed by atoms with van der Waals surface area (Å²) in [4.78, 5) is 11.2. The third-order valence-corrected chi connectivity index (χ3v) is 2.45. The number of halogens is 1. The average molecular weight is 207 g/mol. The number of carbonyl (C=O) groups is 1. The standard InChI is InChI=1S/C8H11ClO4/c1-8(2)12-5-4(3-9)11-7(10)6(5)13-8/h4-6H,3H2,1-2H3. The number of ether oxygens (including phenoxy) is 3. The van der Waals surface area contributed by atoms with Crippen LogP contribution in [-0.2, 0) is 19.0 Å². The molecular weight excluding hydrogens is 196 g/mol. The number of esters is 1. The molecule has 2 aliphatic heterocycles. The molecule has 0 bridgehead atoms. The Kier molecular flexibility index (Phi) is 2.02. The Morgan fingerprint density at radius 1 is 1.46 bits per heavy atom. The zero-order valence-corrected chi connectivity index (χ0v) is 8.21. The van der Waals surface area contributed by atoms with Crippen LogP contribution < -0.4 is 0 Å². The van der Waals surface area contributed by atoms with E-state index in [-0.39, 0.29) is 24.1 Å². The van der Waals surface area contributed by atoms with E-state index in [1.54, 1.807) is 13.8 Å². The van der Waals surface area contributed by atoms with Crippen molar-refractivity contribution in [3.63, 3.8) is 0 Å². The van der Waals surface area contributed by atoms with E-state index in [4.69, 9.17) is 25.8 Å². The predicted molar refractivity (Wildman–Crippen MR) is 44.4 cm³/mol. The van der Waals surface area contributed by atoms with Crippen LogP contribution in [0, 0.1) is 0 Å². The molecule has 5 heteroatoms. The van der Waals surface area contributed by atoms with E-state index in [1.807, 2.05) is 0 Å². The van der Waals surface area contributed by atoms with Gasteiger partial charge in [0.25, 0.3) is 0 Å². The van der Waals surface area contributed by atoms with Gasteiger partial charge in [0.05, 0.1) is 5.88 Å². The first kappa shape index (κ1) is 9.24. The van der Waals surface area contributed by atoms with Crippen LogP contribution in [0.2, 0.25) is 0 Å². The predicted octanol–water partition coefficient (Wildman–Crippen LogP) is 0.671. The molecule has 0 saturated carbocycles. The van der Waals surface area contributed by atoms with Crippen molar-refractivity contribution in [2.45, 2.75) is 37.9 Å². The third kappa shape index (κ3) is 1.43. The zero-order chi connectivity index (χ0) is 9.64. The van der Waals surface area contributed by atoms with Crippen molar-refractivity contribution < 1.29 is 19.0 Å². The highest BCUT2D eigenvalue weighted by molar-refractivity contribution is 6.18. The lowest BCUT2D eigenvalue weighted by molar-refractivity contribution is -0.185. The molecule has 0 aromatic heterocycles. The second-order valence-corrected chi connectivity index (χ2v) is 3.96. The largest absolute Gasteiger partial charge is 0.456 e. The Labute approximate surface area is 81.1 Å². The van der Waals surface area contributed by atoms with Crippen molar-refractivity contribution in [1.82, 2.24) is 0 Å². The molecule has 2 heterocycles. The monoisotopic (exact) mass is 206 g/mol. The van der Waals surface area contributed by atoms with Crippen LogP contribution in [0.5, 0.6) is 0 Å². The quantitative estimate of drug-likeness (QED) is 0.467. The minimum absolute atomic E-state index is 0.242. The van der Waals surface area contributed by atoms with Crippen molar-refractivity contribution in [3.8, 4) is 0 Å². The normalized spacial score (nSPS) is 41.8. The molecule has 2 saturated heterocycles. The van der Waals surface area contributed by atoms with Crippen LogP contribution in [0.15, 0.2) is 0 Å². The van der Waals surface area contributed by atoms with Gasteiger partial charge < -0.3 is 14.2 Å². The Morgan fingerprint density at radius 2 is 2.15 bits per heavy atom.